The van der Waals surface area contributed by atoms with Gasteiger partial charge in [0.2, 0.25) is 6.79 Å². The highest BCUT2D eigenvalue weighted by molar-refractivity contribution is 5.45. The molecule has 1 aliphatic heterocycles. The van der Waals surface area contributed by atoms with E-state index in [0.717, 1.165) is 17.1 Å². The molecule has 0 bridgehead atoms. The standard InChI is InChI=1S/C16H23NO3/c1-17(13-5-3-2-4-6-13)10-14(18)12-7-8-15-16(9-12)20-11-19-15/h7-9,13-14,18H,2-6,10-11H2,1H3. The lowest BCUT2D eigenvalue weighted by atomic mass is 9.94. The monoisotopic (exact) mass is 277 g/mol. The first kappa shape index (κ1) is 13.7. The Balaban J connectivity index is 1.62. The molecule has 110 valence electrons. The molecular weight excluding hydrogens is 254 g/mol. The molecule has 3 rings (SSSR count). The van der Waals surface area contributed by atoms with Gasteiger partial charge < -0.3 is 19.5 Å². The van der Waals surface area contributed by atoms with Gasteiger partial charge in [0.15, 0.2) is 11.5 Å². The average molecular weight is 277 g/mol. The molecule has 1 atom stereocenters. The Morgan fingerprint density at radius 3 is 2.75 bits per heavy atom. The summed E-state index contributed by atoms with van der Waals surface area (Å²) in [5.41, 5.74) is 0.900. The predicted octanol–water partition coefficient (Wildman–Crippen LogP) is 2.71. The number of ether oxygens (including phenoxy) is 2. The van der Waals surface area contributed by atoms with Crippen LogP contribution in [0.1, 0.15) is 43.8 Å². The summed E-state index contributed by atoms with van der Waals surface area (Å²) in [6.07, 6.45) is 6.02. The van der Waals surface area contributed by atoms with Crippen molar-refractivity contribution in [2.75, 3.05) is 20.4 Å². The first-order chi connectivity index (χ1) is 9.74. The number of likely N-dealkylation sites (N-methyl/N-ethyl adjacent to an activating group) is 1. The lowest BCUT2D eigenvalue weighted by Crippen LogP contribution is -2.36. The van der Waals surface area contributed by atoms with E-state index >= 15 is 0 Å². The summed E-state index contributed by atoms with van der Waals surface area (Å²) in [5.74, 6) is 1.50. The smallest absolute Gasteiger partial charge is 0.231 e. The lowest BCUT2D eigenvalue weighted by molar-refractivity contribution is 0.0912. The van der Waals surface area contributed by atoms with Gasteiger partial charge >= 0.3 is 0 Å². The molecule has 4 heteroatoms. The van der Waals surface area contributed by atoms with Gasteiger partial charge in [-0.15, -0.1) is 0 Å². The second-order valence-corrected chi connectivity index (χ2v) is 5.86. The Morgan fingerprint density at radius 1 is 1.20 bits per heavy atom. The number of hydrogen-bond donors (Lipinski definition) is 1. The van der Waals surface area contributed by atoms with Gasteiger partial charge in [0.05, 0.1) is 6.10 Å². The first-order valence-corrected chi connectivity index (χ1v) is 7.52. The van der Waals surface area contributed by atoms with Crippen molar-refractivity contribution in [3.05, 3.63) is 23.8 Å². The second kappa shape index (κ2) is 6.02. The molecule has 1 aliphatic carbocycles. The van der Waals surface area contributed by atoms with Crippen LogP contribution in [0.4, 0.5) is 0 Å². The molecule has 1 fully saturated rings. The van der Waals surface area contributed by atoms with Gasteiger partial charge in [-0.2, -0.15) is 0 Å². The third-order valence-corrected chi connectivity index (χ3v) is 4.44. The number of rotatable bonds is 4. The van der Waals surface area contributed by atoms with Crippen LogP contribution in [0.5, 0.6) is 11.5 Å². The highest BCUT2D eigenvalue weighted by Crippen LogP contribution is 2.34. The third kappa shape index (κ3) is 2.91. The molecule has 0 saturated heterocycles. The number of hydrogen-bond acceptors (Lipinski definition) is 4. The van der Waals surface area contributed by atoms with Crippen LogP contribution in [0.3, 0.4) is 0 Å². The van der Waals surface area contributed by atoms with E-state index in [9.17, 15) is 5.11 Å². The van der Waals surface area contributed by atoms with Crippen molar-refractivity contribution in [2.45, 2.75) is 44.2 Å². The summed E-state index contributed by atoms with van der Waals surface area (Å²) in [5, 5.41) is 10.4. The third-order valence-electron chi connectivity index (χ3n) is 4.44. The second-order valence-electron chi connectivity index (χ2n) is 5.86. The van der Waals surface area contributed by atoms with Crippen LogP contribution in [-0.2, 0) is 0 Å². The van der Waals surface area contributed by atoms with Gasteiger partial charge in [0.25, 0.3) is 0 Å². The molecule has 4 nitrogen and oxygen atoms in total. The van der Waals surface area contributed by atoms with Crippen LogP contribution >= 0.6 is 0 Å². The van der Waals surface area contributed by atoms with Crippen molar-refractivity contribution in [3.8, 4) is 11.5 Å². The van der Waals surface area contributed by atoms with Gasteiger partial charge in [0.1, 0.15) is 0 Å². The maximum atomic E-state index is 10.4. The summed E-state index contributed by atoms with van der Waals surface area (Å²) in [4.78, 5) is 2.30. The Kier molecular flexibility index (Phi) is 4.13. The van der Waals surface area contributed by atoms with Crippen LogP contribution in [-0.4, -0.2) is 36.4 Å². The van der Waals surface area contributed by atoms with E-state index in [0.29, 0.717) is 12.6 Å². The van der Waals surface area contributed by atoms with E-state index in [4.69, 9.17) is 9.47 Å². The molecule has 0 amide bonds. The fourth-order valence-electron chi connectivity index (χ4n) is 3.17. The minimum absolute atomic E-state index is 0.275. The Hall–Kier alpha value is -1.26. The van der Waals surface area contributed by atoms with E-state index < -0.39 is 6.10 Å². The van der Waals surface area contributed by atoms with Gasteiger partial charge in [-0.1, -0.05) is 25.3 Å². The summed E-state index contributed by atoms with van der Waals surface area (Å²) < 4.78 is 10.7. The van der Waals surface area contributed by atoms with Crippen molar-refractivity contribution in [1.29, 1.82) is 0 Å². The maximum absolute atomic E-state index is 10.4. The fraction of sp³-hybridized carbons (Fsp3) is 0.625. The molecule has 1 heterocycles. The van der Waals surface area contributed by atoms with Gasteiger partial charge in [-0.25, -0.2) is 0 Å². The normalized spacial score (nSPS) is 20.4. The van der Waals surface area contributed by atoms with E-state index in [1.807, 2.05) is 18.2 Å². The van der Waals surface area contributed by atoms with Crippen molar-refractivity contribution < 1.29 is 14.6 Å². The Bertz CT molecular complexity index is 457. The zero-order valence-corrected chi connectivity index (χ0v) is 12.0. The van der Waals surface area contributed by atoms with Crippen molar-refractivity contribution in [2.24, 2.45) is 0 Å². The van der Waals surface area contributed by atoms with Crippen LogP contribution in [0.2, 0.25) is 0 Å². The molecule has 1 aromatic rings. The van der Waals surface area contributed by atoms with Gasteiger partial charge in [-0.3, -0.25) is 0 Å². The van der Waals surface area contributed by atoms with Gasteiger partial charge in [-0.05, 0) is 37.6 Å². The average Bonchev–Trinajstić information content (AvgIpc) is 2.95. The highest BCUT2D eigenvalue weighted by atomic mass is 16.7. The number of benzene rings is 1. The zero-order valence-electron chi connectivity index (χ0n) is 12.0. The molecule has 0 aromatic heterocycles. The van der Waals surface area contributed by atoms with Gasteiger partial charge in [0, 0.05) is 12.6 Å². The summed E-state index contributed by atoms with van der Waals surface area (Å²) in [6, 6.07) is 6.31. The Labute approximate surface area is 120 Å². The largest absolute Gasteiger partial charge is 0.454 e. The van der Waals surface area contributed by atoms with Crippen molar-refractivity contribution in [1.82, 2.24) is 4.90 Å². The fourth-order valence-corrected chi connectivity index (χ4v) is 3.17. The molecular formula is C16H23NO3. The topological polar surface area (TPSA) is 41.9 Å². The summed E-state index contributed by atoms with van der Waals surface area (Å²) >= 11 is 0. The molecule has 1 saturated carbocycles. The molecule has 1 N–H and O–H groups in total. The van der Waals surface area contributed by atoms with Crippen LogP contribution in [0.15, 0.2) is 18.2 Å². The SMILES string of the molecule is CN(CC(O)c1ccc2c(c1)OCO2)C1CCCCC1. The van der Waals surface area contributed by atoms with E-state index in [2.05, 4.69) is 11.9 Å². The molecule has 20 heavy (non-hydrogen) atoms. The highest BCUT2D eigenvalue weighted by Gasteiger charge is 2.22. The van der Waals surface area contributed by atoms with E-state index in [1.54, 1.807) is 0 Å². The minimum Gasteiger partial charge on any atom is -0.454 e. The molecule has 1 unspecified atom stereocenters. The van der Waals surface area contributed by atoms with Crippen molar-refractivity contribution in [3.63, 3.8) is 0 Å². The summed E-state index contributed by atoms with van der Waals surface area (Å²) in [6.45, 7) is 0.946. The van der Waals surface area contributed by atoms with E-state index in [-0.39, 0.29) is 6.79 Å². The Morgan fingerprint density at radius 2 is 1.95 bits per heavy atom. The van der Waals surface area contributed by atoms with E-state index in [1.165, 1.54) is 32.1 Å². The lowest BCUT2D eigenvalue weighted by Gasteiger charge is -2.32. The molecule has 1 aromatic carbocycles. The molecule has 2 aliphatic rings. The van der Waals surface area contributed by atoms with Crippen molar-refractivity contribution >= 4 is 0 Å². The molecule has 0 spiro atoms. The quantitative estimate of drug-likeness (QED) is 0.919. The maximum Gasteiger partial charge on any atom is 0.231 e. The molecule has 0 radical (unpaired) electrons. The van der Waals surface area contributed by atoms with Crippen LogP contribution in [0, 0.1) is 0 Å². The first-order valence-electron chi connectivity index (χ1n) is 7.52. The predicted molar refractivity (Wildman–Crippen MR) is 77.0 cm³/mol. The zero-order chi connectivity index (χ0) is 13.9. The number of nitrogens with zero attached hydrogens (tertiary/aromatic N) is 1. The number of fused-ring (bicyclic) bond motifs is 1. The number of aliphatic hydroxyl groups excluding tert-OH is 1. The minimum atomic E-state index is -0.476. The van der Waals surface area contributed by atoms with Crippen LogP contribution < -0.4 is 9.47 Å². The summed E-state index contributed by atoms with van der Waals surface area (Å²) in [7, 11) is 2.12. The van der Waals surface area contributed by atoms with Crippen LogP contribution in [0.25, 0.3) is 0 Å². The number of aliphatic hydroxyl groups is 1.